The standard InChI is InChI=1S/C16H23N3O2/c1-21-13-12-19-11-7-16(15(19)20)5-9-18(10-6-16)14-4-2-3-8-17-14/h2-4,8H,5-7,9-13H2,1H3. The fourth-order valence-electron chi connectivity index (χ4n) is 3.48. The molecule has 0 aromatic carbocycles. The Hall–Kier alpha value is -1.62. The summed E-state index contributed by atoms with van der Waals surface area (Å²) in [6, 6.07) is 5.99. The summed E-state index contributed by atoms with van der Waals surface area (Å²) in [5.74, 6) is 1.36. The maximum absolute atomic E-state index is 12.7. The van der Waals surface area contributed by atoms with E-state index in [1.54, 1.807) is 7.11 Å². The van der Waals surface area contributed by atoms with Gasteiger partial charge in [0.25, 0.3) is 0 Å². The summed E-state index contributed by atoms with van der Waals surface area (Å²) >= 11 is 0. The van der Waals surface area contributed by atoms with E-state index in [1.807, 2.05) is 29.3 Å². The first-order valence-corrected chi connectivity index (χ1v) is 7.69. The molecule has 1 aromatic heterocycles. The van der Waals surface area contributed by atoms with Crippen molar-refractivity contribution in [3.05, 3.63) is 24.4 Å². The Morgan fingerprint density at radius 1 is 1.24 bits per heavy atom. The maximum atomic E-state index is 12.7. The first kappa shape index (κ1) is 14.3. The van der Waals surface area contributed by atoms with E-state index in [9.17, 15) is 4.79 Å². The Kier molecular flexibility index (Phi) is 4.10. The quantitative estimate of drug-likeness (QED) is 0.843. The van der Waals surface area contributed by atoms with Crippen LogP contribution in [0.15, 0.2) is 24.4 Å². The molecule has 0 atom stereocenters. The maximum Gasteiger partial charge on any atom is 0.229 e. The lowest BCUT2D eigenvalue weighted by Crippen LogP contribution is -2.45. The number of amides is 1. The van der Waals surface area contributed by atoms with Crippen LogP contribution in [0, 0.1) is 5.41 Å². The van der Waals surface area contributed by atoms with E-state index >= 15 is 0 Å². The van der Waals surface area contributed by atoms with Crippen molar-refractivity contribution in [2.45, 2.75) is 19.3 Å². The lowest BCUT2D eigenvalue weighted by molar-refractivity contribution is -0.137. The molecule has 21 heavy (non-hydrogen) atoms. The zero-order chi connectivity index (χ0) is 14.7. The van der Waals surface area contributed by atoms with Gasteiger partial charge in [0.05, 0.1) is 12.0 Å². The summed E-state index contributed by atoms with van der Waals surface area (Å²) in [5.41, 5.74) is -0.126. The molecule has 0 aliphatic carbocycles. The van der Waals surface area contributed by atoms with Gasteiger partial charge in [-0.1, -0.05) is 6.07 Å². The van der Waals surface area contributed by atoms with Crippen LogP contribution in [0.3, 0.4) is 0 Å². The number of nitrogens with zero attached hydrogens (tertiary/aromatic N) is 3. The van der Waals surface area contributed by atoms with E-state index in [2.05, 4.69) is 9.88 Å². The van der Waals surface area contributed by atoms with Gasteiger partial charge < -0.3 is 14.5 Å². The Labute approximate surface area is 125 Å². The van der Waals surface area contributed by atoms with Crippen molar-refractivity contribution in [3.63, 3.8) is 0 Å². The number of methoxy groups -OCH3 is 1. The topological polar surface area (TPSA) is 45.7 Å². The summed E-state index contributed by atoms with van der Waals surface area (Å²) in [6.07, 6.45) is 4.69. The number of pyridine rings is 1. The van der Waals surface area contributed by atoms with Crippen molar-refractivity contribution in [3.8, 4) is 0 Å². The number of piperidine rings is 1. The molecule has 2 saturated heterocycles. The third-order valence-corrected chi connectivity index (χ3v) is 4.86. The third-order valence-electron chi connectivity index (χ3n) is 4.86. The molecule has 1 amide bonds. The second-order valence-electron chi connectivity index (χ2n) is 5.99. The molecule has 5 heteroatoms. The Balaban J connectivity index is 1.61. The lowest BCUT2D eigenvalue weighted by atomic mass is 9.77. The second-order valence-corrected chi connectivity index (χ2v) is 5.99. The number of aromatic nitrogens is 1. The third kappa shape index (κ3) is 2.75. The number of carbonyl (C=O) groups excluding carboxylic acids is 1. The highest BCUT2D eigenvalue weighted by Crippen LogP contribution is 2.42. The summed E-state index contributed by atoms with van der Waals surface area (Å²) < 4.78 is 5.09. The van der Waals surface area contributed by atoms with Crippen LogP contribution in [-0.4, -0.2) is 55.7 Å². The van der Waals surface area contributed by atoms with Crippen molar-refractivity contribution in [2.75, 3.05) is 44.8 Å². The van der Waals surface area contributed by atoms with E-state index in [0.29, 0.717) is 12.5 Å². The normalized spacial score (nSPS) is 21.3. The van der Waals surface area contributed by atoms with Crippen LogP contribution in [0.2, 0.25) is 0 Å². The predicted molar refractivity (Wildman–Crippen MR) is 81.2 cm³/mol. The smallest absolute Gasteiger partial charge is 0.229 e. The second kappa shape index (κ2) is 6.02. The lowest BCUT2D eigenvalue weighted by Gasteiger charge is -2.38. The van der Waals surface area contributed by atoms with Gasteiger partial charge in [0.15, 0.2) is 0 Å². The van der Waals surface area contributed by atoms with Crippen molar-refractivity contribution in [1.29, 1.82) is 0 Å². The van der Waals surface area contributed by atoms with E-state index in [-0.39, 0.29) is 5.41 Å². The average Bonchev–Trinajstić information content (AvgIpc) is 2.84. The highest BCUT2D eigenvalue weighted by atomic mass is 16.5. The number of rotatable bonds is 4. The molecule has 0 unspecified atom stereocenters. The minimum absolute atomic E-state index is 0.126. The first-order chi connectivity index (χ1) is 10.2. The SMILES string of the molecule is COCCN1CCC2(CCN(c3ccccn3)CC2)C1=O. The van der Waals surface area contributed by atoms with Gasteiger partial charge in [-0.05, 0) is 31.4 Å². The van der Waals surface area contributed by atoms with Crippen LogP contribution in [0.25, 0.3) is 0 Å². The van der Waals surface area contributed by atoms with Gasteiger partial charge in [0.2, 0.25) is 5.91 Å². The summed E-state index contributed by atoms with van der Waals surface area (Å²) in [7, 11) is 1.68. The number of hydrogen-bond acceptors (Lipinski definition) is 4. The summed E-state index contributed by atoms with van der Waals surface area (Å²) in [6.45, 7) is 4.07. The molecule has 0 N–H and O–H groups in total. The zero-order valence-electron chi connectivity index (χ0n) is 12.6. The monoisotopic (exact) mass is 289 g/mol. The van der Waals surface area contributed by atoms with Crippen molar-refractivity contribution in [1.82, 2.24) is 9.88 Å². The number of ether oxygens (including phenoxy) is 1. The van der Waals surface area contributed by atoms with Gasteiger partial charge in [-0.25, -0.2) is 4.98 Å². The van der Waals surface area contributed by atoms with Gasteiger partial charge in [-0.2, -0.15) is 0 Å². The van der Waals surface area contributed by atoms with Crippen molar-refractivity contribution < 1.29 is 9.53 Å². The molecule has 3 rings (SSSR count). The fraction of sp³-hybridized carbons (Fsp3) is 0.625. The van der Waals surface area contributed by atoms with Crippen molar-refractivity contribution in [2.24, 2.45) is 5.41 Å². The average molecular weight is 289 g/mol. The van der Waals surface area contributed by atoms with Crippen LogP contribution in [0.1, 0.15) is 19.3 Å². The van der Waals surface area contributed by atoms with E-state index in [4.69, 9.17) is 4.74 Å². The van der Waals surface area contributed by atoms with Crippen molar-refractivity contribution >= 4 is 11.7 Å². The van der Waals surface area contributed by atoms with Gasteiger partial charge >= 0.3 is 0 Å². The first-order valence-electron chi connectivity index (χ1n) is 7.69. The van der Waals surface area contributed by atoms with Gasteiger partial charge in [-0.15, -0.1) is 0 Å². The minimum Gasteiger partial charge on any atom is -0.383 e. The van der Waals surface area contributed by atoms with Crippen LogP contribution in [0.4, 0.5) is 5.82 Å². The molecule has 0 bridgehead atoms. The summed E-state index contributed by atoms with van der Waals surface area (Å²) in [4.78, 5) is 21.3. The minimum atomic E-state index is -0.126. The predicted octanol–water partition coefficient (Wildman–Crippen LogP) is 1.55. The Bertz CT molecular complexity index is 484. The molecule has 1 aromatic rings. The molecule has 2 fully saturated rings. The number of likely N-dealkylation sites (tertiary alicyclic amines) is 1. The van der Waals surface area contributed by atoms with Crippen LogP contribution < -0.4 is 4.90 Å². The highest BCUT2D eigenvalue weighted by molar-refractivity contribution is 5.85. The van der Waals surface area contributed by atoms with E-state index < -0.39 is 0 Å². The molecular formula is C16H23N3O2. The van der Waals surface area contributed by atoms with Crippen LogP contribution in [-0.2, 0) is 9.53 Å². The fourth-order valence-corrected chi connectivity index (χ4v) is 3.48. The van der Waals surface area contributed by atoms with Gasteiger partial charge in [0, 0.05) is 39.5 Å². The molecule has 3 heterocycles. The molecule has 5 nitrogen and oxygen atoms in total. The van der Waals surface area contributed by atoms with E-state index in [1.165, 1.54) is 0 Å². The van der Waals surface area contributed by atoms with Crippen LogP contribution >= 0.6 is 0 Å². The van der Waals surface area contributed by atoms with Crippen LogP contribution in [0.5, 0.6) is 0 Å². The molecule has 0 radical (unpaired) electrons. The van der Waals surface area contributed by atoms with Gasteiger partial charge in [-0.3, -0.25) is 4.79 Å². The Morgan fingerprint density at radius 3 is 2.67 bits per heavy atom. The molecule has 1 spiro atoms. The molecule has 2 aliphatic heterocycles. The molecule has 0 saturated carbocycles. The highest BCUT2D eigenvalue weighted by Gasteiger charge is 2.47. The van der Waals surface area contributed by atoms with Gasteiger partial charge in [0.1, 0.15) is 5.82 Å². The molecular weight excluding hydrogens is 266 g/mol. The Morgan fingerprint density at radius 2 is 2.00 bits per heavy atom. The molecule has 114 valence electrons. The largest absolute Gasteiger partial charge is 0.383 e. The number of anilines is 1. The summed E-state index contributed by atoms with van der Waals surface area (Å²) in [5, 5.41) is 0. The van der Waals surface area contributed by atoms with E-state index in [0.717, 1.165) is 51.3 Å². The number of carbonyl (C=O) groups is 1. The molecule has 2 aliphatic rings. The zero-order valence-corrected chi connectivity index (χ0v) is 12.6. The number of hydrogen-bond donors (Lipinski definition) is 0.